The number of hydrogen-bond donors (Lipinski definition) is 2. The first-order valence-electron chi connectivity index (χ1n) is 3.61. The molecule has 0 aliphatic carbocycles. The molecule has 1 aromatic carbocycles. The van der Waals surface area contributed by atoms with Crippen LogP contribution in [0.4, 0.5) is 4.79 Å². The number of benzene rings is 1. The van der Waals surface area contributed by atoms with Crippen LogP contribution in [0.15, 0.2) is 30.3 Å². The van der Waals surface area contributed by atoms with Gasteiger partial charge in [0.2, 0.25) is 0 Å². The summed E-state index contributed by atoms with van der Waals surface area (Å²) < 4.78 is 2.91. The topological polar surface area (TPSA) is 41.1 Å². The van der Waals surface area contributed by atoms with E-state index in [-0.39, 0.29) is 10.1 Å². The van der Waals surface area contributed by atoms with Gasteiger partial charge in [0.25, 0.3) is 3.91 Å². The van der Waals surface area contributed by atoms with E-state index < -0.39 is 0 Å². The van der Waals surface area contributed by atoms with Gasteiger partial charge in [0, 0.05) is 45.5 Å². The van der Waals surface area contributed by atoms with Crippen molar-refractivity contribution in [1.29, 1.82) is 0 Å². The van der Waals surface area contributed by atoms with Crippen molar-refractivity contribution >= 4 is 49.4 Å². The van der Waals surface area contributed by atoms with Crippen LogP contribution in [0.5, 0.6) is 0 Å². The molecule has 1 unspecified atom stereocenters. The van der Waals surface area contributed by atoms with Gasteiger partial charge in [-0.3, -0.25) is 4.79 Å². The van der Waals surface area contributed by atoms with Crippen molar-refractivity contribution < 1.29 is 4.79 Å². The highest BCUT2D eigenvalue weighted by atomic mass is 127. The average Bonchev–Trinajstić information content (AvgIpc) is 2.15. The molecule has 0 heterocycles. The molecule has 1 atom stereocenters. The number of halogens is 2. The summed E-state index contributed by atoms with van der Waals surface area (Å²) >= 11 is 3.73. The van der Waals surface area contributed by atoms with Gasteiger partial charge in [0.15, 0.2) is 0 Å². The van der Waals surface area contributed by atoms with Crippen molar-refractivity contribution in [3.8, 4) is 0 Å². The second kappa shape index (κ2) is 5.76. The summed E-state index contributed by atoms with van der Waals surface area (Å²) in [7, 11) is 0. The van der Waals surface area contributed by atoms with Crippen molar-refractivity contribution in [2.45, 2.75) is 6.17 Å². The van der Waals surface area contributed by atoms with Gasteiger partial charge in [0.1, 0.15) is 6.17 Å². The smallest absolute Gasteiger partial charge is 0.282 e. The first kappa shape index (κ1) is 11.2. The molecule has 5 heteroatoms. The molecule has 0 bridgehead atoms. The molecular weight excluding hydrogens is 394 g/mol. The first-order chi connectivity index (χ1) is 6.24. The van der Waals surface area contributed by atoms with Crippen molar-refractivity contribution in [2.75, 3.05) is 0 Å². The lowest BCUT2D eigenvalue weighted by atomic mass is 10.2. The highest BCUT2D eigenvalue weighted by molar-refractivity contribution is 14.1. The summed E-state index contributed by atoms with van der Waals surface area (Å²) in [5, 5.41) is 2.77. The van der Waals surface area contributed by atoms with Gasteiger partial charge in [-0.1, -0.05) is 30.3 Å². The summed E-state index contributed by atoms with van der Waals surface area (Å²) in [6.07, 6.45) is -0.119. The van der Waals surface area contributed by atoms with Gasteiger partial charge < -0.3 is 5.32 Å². The summed E-state index contributed by atoms with van der Waals surface area (Å²) in [6.45, 7) is 0. The molecule has 2 N–H and O–H groups in total. The molecule has 1 aromatic rings. The Morgan fingerprint density at radius 3 is 2.38 bits per heavy atom. The predicted molar refractivity (Wildman–Crippen MR) is 68.9 cm³/mol. The largest absolute Gasteiger partial charge is 0.327 e. The van der Waals surface area contributed by atoms with E-state index >= 15 is 0 Å². The monoisotopic (exact) mass is 402 g/mol. The molecule has 0 fully saturated rings. The average molecular weight is 402 g/mol. The van der Waals surface area contributed by atoms with E-state index in [1.54, 1.807) is 22.6 Å². The molecule has 0 aliphatic rings. The number of nitrogens with one attached hydrogen (secondary N) is 2. The number of hydrogen-bond acceptors (Lipinski definition) is 2. The summed E-state index contributed by atoms with van der Waals surface area (Å²) in [5.41, 5.74) is 1.04. The molecule has 0 aromatic heterocycles. The Bertz CT molecular complexity index is 279. The Hall–Kier alpha value is 0.110. The predicted octanol–water partition coefficient (Wildman–Crippen LogP) is 2.77. The minimum absolute atomic E-state index is 0.0735. The van der Waals surface area contributed by atoms with Crippen LogP contribution < -0.4 is 8.85 Å². The third-order valence-corrected chi connectivity index (χ3v) is 2.43. The third-order valence-electron chi connectivity index (χ3n) is 1.50. The molecule has 0 aliphatic heterocycles. The maximum atomic E-state index is 10.8. The second-order valence-corrected chi connectivity index (χ2v) is 3.97. The van der Waals surface area contributed by atoms with Gasteiger partial charge >= 0.3 is 0 Å². The van der Waals surface area contributed by atoms with Gasteiger partial charge in [-0.25, -0.2) is 3.53 Å². The maximum absolute atomic E-state index is 10.8. The molecule has 0 saturated carbocycles. The highest BCUT2D eigenvalue weighted by Gasteiger charge is 2.09. The molecule has 3 nitrogen and oxygen atoms in total. The fourth-order valence-electron chi connectivity index (χ4n) is 0.933. The molecule has 0 saturated heterocycles. The number of carbonyl (C=O) groups is 1. The zero-order valence-corrected chi connectivity index (χ0v) is 10.9. The molecule has 70 valence electrons. The van der Waals surface area contributed by atoms with Crippen LogP contribution in [-0.4, -0.2) is 3.91 Å². The maximum Gasteiger partial charge on any atom is 0.282 e. The highest BCUT2D eigenvalue weighted by Crippen LogP contribution is 2.11. The van der Waals surface area contributed by atoms with Gasteiger partial charge in [0.05, 0.1) is 0 Å². The van der Waals surface area contributed by atoms with Crippen LogP contribution in [0.1, 0.15) is 11.7 Å². The van der Waals surface area contributed by atoms with Crippen molar-refractivity contribution in [3.63, 3.8) is 0 Å². The first-order valence-corrected chi connectivity index (χ1v) is 5.77. The Balaban J connectivity index is 2.73. The van der Waals surface area contributed by atoms with Crippen molar-refractivity contribution in [1.82, 2.24) is 8.85 Å². The molecule has 1 amide bonds. The third kappa shape index (κ3) is 3.77. The quantitative estimate of drug-likeness (QED) is 0.269. The number of rotatable bonds is 3. The van der Waals surface area contributed by atoms with E-state index in [0.29, 0.717) is 0 Å². The molecule has 13 heavy (non-hydrogen) atoms. The zero-order chi connectivity index (χ0) is 9.68. The zero-order valence-electron chi connectivity index (χ0n) is 6.63. The Kier molecular flexibility index (Phi) is 4.96. The fourth-order valence-corrected chi connectivity index (χ4v) is 1.76. The Morgan fingerprint density at radius 1 is 1.31 bits per heavy atom. The van der Waals surface area contributed by atoms with E-state index in [9.17, 15) is 4.79 Å². The van der Waals surface area contributed by atoms with E-state index in [4.69, 9.17) is 0 Å². The van der Waals surface area contributed by atoms with Crippen LogP contribution in [0.2, 0.25) is 0 Å². The summed E-state index contributed by atoms with van der Waals surface area (Å²) in [6, 6.07) is 9.75. The lowest BCUT2D eigenvalue weighted by molar-refractivity contribution is 0.259. The lowest BCUT2D eigenvalue weighted by Gasteiger charge is -2.15. The van der Waals surface area contributed by atoms with Crippen molar-refractivity contribution in [3.05, 3.63) is 35.9 Å². The van der Waals surface area contributed by atoms with E-state index in [1.807, 2.05) is 53.2 Å². The molecule has 0 spiro atoms. The van der Waals surface area contributed by atoms with Crippen LogP contribution in [0.25, 0.3) is 0 Å². The van der Waals surface area contributed by atoms with Crippen LogP contribution in [-0.2, 0) is 0 Å². The van der Waals surface area contributed by atoms with Gasteiger partial charge in [-0.15, -0.1) is 0 Å². The minimum atomic E-state index is -0.119. The van der Waals surface area contributed by atoms with Crippen LogP contribution in [0.3, 0.4) is 0 Å². The van der Waals surface area contributed by atoms with Gasteiger partial charge in [-0.2, -0.15) is 0 Å². The standard InChI is InChI=1S/C8H8I2N2O/c9-8(13)11-7(12-10)6-4-2-1-3-5-6/h1-5,7,12H,(H,11,13). The summed E-state index contributed by atoms with van der Waals surface area (Å²) in [5.74, 6) is 0. The molecule has 0 radical (unpaired) electrons. The van der Waals surface area contributed by atoms with Gasteiger partial charge in [-0.05, 0) is 5.56 Å². The van der Waals surface area contributed by atoms with E-state index in [0.717, 1.165) is 5.56 Å². The lowest BCUT2D eigenvalue weighted by Crippen LogP contribution is -2.30. The molecular formula is C8H8I2N2O. The normalized spacial score (nSPS) is 12.2. The number of carbonyl (C=O) groups excluding carboxylic acids is 1. The SMILES string of the molecule is O=C(I)NC(NI)c1ccccc1. The van der Waals surface area contributed by atoms with Crippen molar-refractivity contribution in [2.24, 2.45) is 0 Å². The van der Waals surface area contributed by atoms with Crippen LogP contribution in [0, 0.1) is 0 Å². The van der Waals surface area contributed by atoms with E-state index in [1.165, 1.54) is 0 Å². The molecule has 1 rings (SSSR count). The Morgan fingerprint density at radius 2 is 1.92 bits per heavy atom. The fraction of sp³-hybridized carbons (Fsp3) is 0.125. The van der Waals surface area contributed by atoms with Crippen LogP contribution >= 0.6 is 45.5 Å². The minimum Gasteiger partial charge on any atom is -0.327 e. The second-order valence-electron chi connectivity index (χ2n) is 2.37. The Labute approximate surface area is 104 Å². The number of amides is 1. The summed E-state index contributed by atoms with van der Waals surface area (Å²) in [4.78, 5) is 10.8. The van der Waals surface area contributed by atoms with E-state index in [2.05, 4.69) is 8.85 Å².